The van der Waals surface area contributed by atoms with Crippen molar-refractivity contribution < 1.29 is 21.6 Å². The van der Waals surface area contributed by atoms with Crippen LogP contribution in [0.3, 0.4) is 0 Å². The molecule has 10 heteroatoms. The lowest BCUT2D eigenvalue weighted by molar-refractivity contribution is -0.136. The Balaban J connectivity index is 3.26. The molecule has 1 rings (SSSR count). The van der Waals surface area contributed by atoms with Crippen LogP contribution in [-0.2, 0) is 17.1 Å². The van der Waals surface area contributed by atoms with E-state index < -0.39 is 22.7 Å². The zero-order chi connectivity index (χ0) is 16.4. The highest BCUT2D eigenvalue weighted by molar-refractivity contribution is 7.89. The summed E-state index contributed by atoms with van der Waals surface area (Å²) < 4.78 is 64.5. The summed E-state index contributed by atoms with van der Waals surface area (Å²) >= 11 is 0. The molecular weight excluding hydrogens is 309 g/mol. The quantitative estimate of drug-likeness (QED) is 0.861. The summed E-state index contributed by atoms with van der Waals surface area (Å²) in [4.78, 5) is -0.356. The van der Waals surface area contributed by atoms with Gasteiger partial charge in [-0.15, -0.1) is 0 Å². The van der Waals surface area contributed by atoms with Gasteiger partial charge in [-0.25, -0.2) is 8.42 Å². The maximum absolute atomic E-state index is 12.6. The summed E-state index contributed by atoms with van der Waals surface area (Å²) in [7, 11) is -2.86. The van der Waals surface area contributed by atoms with Crippen molar-refractivity contribution in [3.05, 3.63) is 5.69 Å². The van der Waals surface area contributed by atoms with Crippen molar-refractivity contribution in [3.8, 4) is 0 Å². The van der Waals surface area contributed by atoms with Gasteiger partial charge in [-0.1, -0.05) is 13.3 Å². The smallest absolute Gasteiger partial charge is 0.381 e. The van der Waals surface area contributed by atoms with E-state index in [9.17, 15) is 21.6 Å². The van der Waals surface area contributed by atoms with Crippen LogP contribution in [-0.4, -0.2) is 41.8 Å². The van der Waals surface area contributed by atoms with Crippen LogP contribution < -0.4 is 5.73 Å². The summed E-state index contributed by atoms with van der Waals surface area (Å²) in [6.45, 7) is 1.46. The first-order valence-electron chi connectivity index (χ1n) is 6.36. The molecule has 1 aromatic heterocycles. The fourth-order valence-corrected chi connectivity index (χ4v) is 3.64. The van der Waals surface area contributed by atoms with Crippen LogP contribution in [0.2, 0.25) is 0 Å². The monoisotopic (exact) mass is 328 g/mol. The van der Waals surface area contributed by atoms with Crippen molar-refractivity contribution in [2.75, 3.05) is 18.8 Å². The van der Waals surface area contributed by atoms with Crippen molar-refractivity contribution in [2.24, 2.45) is 7.05 Å². The highest BCUT2D eigenvalue weighted by Crippen LogP contribution is 2.28. The van der Waals surface area contributed by atoms with Gasteiger partial charge in [0.25, 0.3) is 0 Å². The normalized spacial score (nSPS) is 13.1. The average Bonchev–Trinajstić information content (AvgIpc) is 2.57. The van der Waals surface area contributed by atoms with Gasteiger partial charge in [0.1, 0.15) is 11.4 Å². The van der Waals surface area contributed by atoms with E-state index in [4.69, 9.17) is 5.73 Å². The molecule has 0 saturated heterocycles. The van der Waals surface area contributed by atoms with Crippen LogP contribution in [0.5, 0.6) is 0 Å². The number of halogens is 3. The molecule has 0 radical (unpaired) electrons. The number of unbranched alkanes of at least 4 members (excludes halogenated alkanes) is 1. The summed E-state index contributed by atoms with van der Waals surface area (Å²) in [5.41, 5.74) is 5.74. The van der Waals surface area contributed by atoms with Crippen molar-refractivity contribution in [1.29, 1.82) is 0 Å². The third-order valence-corrected chi connectivity index (χ3v) is 5.03. The minimum atomic E-state index is -4.62. The van der Waals surface area contributed by atoms with Gasteiger partial charge in [0.15, 0.2) is 5.82 Å². The number of aromatic nitrogens is 2. The number of hydrogen-bond donors (Lipinski definition) is 1. The lowest BCUT2D eigenvalue weighted by Gasteiger charge is -2.23. The first-order valence-corrected chi connectivity index (χ1v) is 7.80. The highest BCUT2D eigenvalue weighted by atomic mass is 32.2. The molecule has 1 heterocycles. The number of alkyl halides is 3. The largest absolute Gasteiger partial charge is 0.402 e. The maximum atomic E-state index is 12.6. The minimum absolute atomic E-state index is 0.205. The average molecular weight is 328 g/mol. The van der Waals surface area contributed by atoms with Crippen LogP contribution in [0.4, 0.5) is 19.0 Å². The van der Waals surface area contributed by atoms with Gasteiger partial charge >= 0.3 is 6.18 Å². The maximum Gasteiger partial charge on any atom is 0.402 e. The summed E-state index contributed by atoms with van der Waals surface area (Å²) in [5.74, 6) is -0.293. The Kier molecular flexibility index (Phi) is 5.26. The van der Waals surface area contributed by atoms with E-state index in [-0.39, 0.29) is 23.0 Å². The summed E-state index contributed by atoms with van der Waals surface area (Å²) in [5, 5.41) is 3.74. The topological polar surface area (TPSA) is 81.2 Å². The van der Waals surface area contributed by atoms with E-state index in [2.05, 4.69) is 5.10 Å². The third kappa shape index (κ3) is 4.10. The molecule has 0 amide bonds. The van der Waals surface area contributed by atoms with E-state index in [1.165, 1.54) is 18.7 Å². The Morgan fingerprint density at radius 2 is 1.95 bits per heavy atom. The number of nitrogens with zero attached hydrogens (tertiary/aromatic N) is 3. The molecule has 122 valence electrons. The van der Waals surface area contributed by atoms with E-state index in [0.717, 1.165) is 0 Å². The van der Waals surface area contributed by atoms with Crippen molar-refractivity contribution >= 4 is 15.8 Å². The van der Waals surface area contributed by atoms with Crippen LogP contribution in [0.1, 0.15) is 25.5 Å². The Bertz CT molecular complexity index is 595. The van der Waals surface area contributed by atoms with Gasteiger partial charge in [0.2, 0.25) is 10.0 Å². The van der Waals surface area contributed by atoms with Crippen LogP contribution in [0.25, 0.3) is 0 Å². The molecule has 1 aromatic rings. The molecule has 0 aliphatic rings. The van der Waals surface area contributed by atoms with E-state index in [1.807, 2.05) is 0 Å². The standard InChI is InChI=1S/C11H19F3N4O2S/c1-4-5-6-18(7-11(12,13)14)21(19,20)9-8(2)17(3)16-10(9)15/h4-7H2,1-3H3,(H2,15,16). The molecule has 0 fully saturated rings. The van der Waals surface area contributed by atoms with Gasteiger partial charge < -0.3 is 5.73 Å². The predicted octanol–water partition coefficient (Wildman–Crippen LogP) is 1.66. The number of rotatable bonds is 6. The molecule has 0 unspecified atom stereocenters. The van der Waals surface area contributed by atoms with Crippen molar-refractivity contribution in [2.45, 2.75) is 37.8 Å². The Labute approximate surface area is 121 Å². The van der Waals surface area contributed by atoms with E-state index in [1.54, 1.807) is 6.92 Å². The zero-order valence-electron chi connectivity index (χ0n) is 12.1. The minimum Gasteiger partial charge on any atom is -0.381 e. The predicted molar refractivity (Wildman–Crippen MR) is 72.1 cm³/mol. The molecule has 6 nitrogen and oxygen atoms in total. The van der Waals surface area contributed by atoms with E-state index in [0.29, 0.717) is 17.1 Å². The van der Waals surface area contributed by atoms with E-state index >= 15 is 0 Å². The second kappa shape index (κ2) is 6.22. The first kappa shape index (κ1) is 17.8. The van der Waals surface area contributed by atoms with Gasteiger partial charge in [-0.3, -0.25) is 4.68 Å². The number of sulfonamides is 1. The fraction of sp³-hybridized carbons (Fsp3) is 0.727. The molecule has 0 bridgehead atoms. The SMILES string of the molecule is CCCCN(CC(F)(F)F)S(=O)(=O)c1c(N)nn(C)c1C. The third-order valence-electron chi connectivity index (χ3n) is 3.02. The summed E-state index contributed by atoms with van der Waals surface area (Å²) in [6, 6.07) is 0. The lowest BCUT2D eigenvalue weighted by atomic mass is 10.3. The molecule has 0 atom stereocenters. The first-order chi connectivity index (χ1) is 9.50. The molecule has 21 heavy (non-hydrogen) atoms. The zero-order valence-corrected chi connectivity index (χ0v) is 12.9. The molecule has 2 N–H and O–H groups in total. The summed E-state index contributed by atoms with van der Waals surface area (Å²) in [6.07, 6.45) is -3.72. The number of anilines is 1. The van der Waals surface area contributed by atoms with Gasteiger partial charge in [0.05, 0.1) is 5.69 Å². The highest BCUT2D eigenvalue weighted by Gasteiger charge is 2.39. The molecule has 0 aliphatic heterocycles. The fourth-order valence-electron chi connectivity index (χ4n) is 1.88. The van der Waals surface area contributed by atoms with Crippen molar-refractivity contribution in [1.82, 2.24) is 14.1 Å². The van der Waals surface area contributed by atoms with Gasteiger partial charge in [-0.05, 0) is 13.3 Å². The lowest BCUT2D eigenvalue weighted by Crippen LogP contribution is -2.40. The van der Waals surface area contributed by atoms with Crippen LogP contribution >= 0.6 is 0 Å². The second-order valence-electron chi connectivity index (χ2n) is 4.73. The molecule has 0 saturated carbocycles. The molecule has 0 aliphatic carbocycles. The Morgan fingerprint density at radius 1 is 1.38 bits per heavy atom. The van der Waals surface area contributed by atoms with Crippen molar-refractivity contribution in [3.63, 3.8) is 0 Å². The second-order valence-corrected chi connectivity index (χ2v) is 6.61. The van der Waals surface area contributed by atoms with Crippen LogP contribution in [0, 0.1) is 6.92 Å². The number of nitrogen functional groups attached to an aromatic ring is 1. The van der Waals surface area contributed by atoms with Gasteiger partial charge in [0, 0.05) is 13.6 Å². The Hall–Kier alpha value is -1.29. The number of aryl methyl sites for hydroxylation is 1. The molecule has 0 aromatic carbocycles. The Morgan fingerprint density at radius 3 is 2.33 bits per heavy atom. The van der Waals surface area contributed by atoms with Gasteiger partial charge in [-0.2, -0.15) is 22.6 Å². The number of nitrogens with two attached hydrogens (primary N) is 1. The molecule has 0 spiro atoms. The number of hydrogen-bond acceptors (Lipinski definition) is 4. The van der Waals surface area contributed by atoms with Crippen LogP contribution in [0.15, 0.2) is 4.90 Å². The molecular formula is C11H19F3N4O2S.